The zero-order chi connectivity index (χ0) is 18.7. The van der Waals surface area contributed by atoms with Gasteiger partial charge in [-0.1, -0.05) is 78.8 Å². The molecule has 1 aromatic heterocycles. The first-order valence-electron chi connectivity index (χ1n) is 8.05. The number of hydrogen-bond acceptors (Lipinski definition) is 3. The summed E-state index contributed by atoms with van der Waals surface area (Å²) in [5.74, 6) is 0.725. The fourth-order valence-electron chi connectivity index (χ4n) is 2.81. The van der Waals surface area contributed by atoms with E-state index >= 15 is 0 Å². The van der Waals surface area contributed by atoms with Gasteiger partial charge < -0.3 is 0 Å². The van der Waals surface area contributed by atoms with E-state index in [9.17, 15) is 0 Å². The summed E-state index contributed by atoms with van der Waals surface area (Å²) < 4.78 is 1.60. The molecular formula is C20H19ClN4S. The summed E-state index contributed by atoms with van der Waals surface area (Å²) in [5.41, 5.74) is 3.75. The molecule has 2 aromatic carbocycles. The first-order chi connectivity index (χ1) is 12.5. The summed E-state index contributed by atoms with van der Waals surface area (Å²) in [4.78, 5) is 0. The third-order valence-electron chi connectivity index (χ3n) is 3.80. The Morgan fingerprint density at radius 1 is 1.08 bits per heavy atom. The van der Waals surface area contributed by atoms with Gasteiger partial charge in [-0.05, 0) is 12.5 Å². The highest BCUT2D eigenvalue weighted by atomic mass is 35.5. The van der Waals surface area contributed by atoms with Crippen LogP contribution in [0.5, 0.6) is 0 Å². The molecule has 0 N–H and O–H groups in total. The second-order valence-corrected chi connectivity index (χ2v) is 6.82. The van der Waals surface area contributed by atoms with Crippen molar-refractivity contribution in [3.63, 3.8) is 0 Å². The molecule has 0 unspecified atom stereocenters. The van der Waals surface area contributed by atoms with Crippen molar-refractivity contribution in [2.45, 2.75) is 6.92 Å². The number of hydrogen-bond donors (Lipinski definition) is 1. The molecule has 0 spiro atoms. The van der Waals surface area contributed by atoms with Crippen molar-refractivity contribution in [3.8, 4) is 22.4 Å². The van der Waals surface area contributed by atoms with Gasteiger partial charge in [-0.3, -0.25) is 0 Å². The van der Waals surface area contributed by atoms with Gasteiger partial charge in [0.1, 0.15) is 10.9 Å². The summed E-state index contributed by atoms with van der Waals surface area (Å²) in [6.45, 7) is 5.68. The van der Waals surface area contributed by atoms with Crippen LogP contribution in [0.1, 0.15) is 6.92 Å². The SMILES string of the molecule is C=C(Cl)n1nc(-c2ccccc2)c(-c2ccccc2)c1N(C)/N=C(/C)S. The Balaban J connectivity index is 2.36. The Morgan fingerprint density at radius 3 is 2.12 bits per heavy atom. The van der Waals surface area contributed by atoms with Gasteiger partial charge in [0.2, 0.25) is 0 Å². The summed E-state index contributed by atoms with van der Waals surface area (Å²) in [6, 6.07) is 20.0. The Hall–Kier alpha value is -2.50. The minimum atomic E-state index is 0.290. The summed E-state index contributed by atoms with van der Waals surface area (Å²) in [5, 5.41) is 11.8. The van der Waals surface area contributed by atoms with Crippen LogP contribution in [0.3, 0.4) is 0 Å². The molecule has 132 valence electrons. The van der Waals surface area contributed by atoms with Crippen LogP contribution in [0.2, 0.25) is 0 Å². The molecule has 4 nitrogen and oxygen atoms in total. The van der Waals surface area contributed by atoms with E-state index in [0.29, 0.717) is 10.2 Å². The number of anilines is 1. The lowest BCUT2D eigenvalue weighted by Gasteiger charge is -2.17. The van der Waals surface area contributed by atoms with Crippen molar-refractivity contribution >= 4 is 40.2 Å². The van der Waals surface area contributed by atoms with Gasteiger partial charge in [-0.25, -0.2) is 9.69 Å². The van der Waals surface area contributed by atoms with Crippen LogP contribution in [-0.2, 0) is 0 Å². The van der Waals surface area contributed by atoms with Crippen molar-refractivity contribution in [2.24, 2.45) is 5.10 Å². The van der Waals surface area contributed by atoms with E-state index in [0.717, 1.165) is 28.2 Å². The number of hydrazone groups is 1. The molecule has 0 aliphatic carbocycles. The Bertz CT molecular complexity index is 945. The molecule has 26 heavy (non-hydrogen) atoms. The molecule has 0 fully saturated rings. The topological polar surface area (TPSA) is 33.4 Å². The fraction of sp³-hybridized carbons (Fsp3) is 0.100. The predicted molar refractivity (Wildman–Crippen MR) is 115 cm³/mol. The summed E-state index contributed by atoms with van der Waals surface area (Å²) in [7, 11) is 1.84. The van der Waals surface area contributed by atoms with Crippen LogP contribution in [0.15, 0.2) is 72.3 Å². The average Bonchev–Trinajstić information content (AvgIpc) is 3.03. The molecule has 0 amide bonds. The Kier molecular flexibility index (Phi) is 5.49. The average molecular weight is 383 g/mol. The van der Waals surface area contributed by atoms with Crippen molar-refractivity contribution in [1.29, 1.82) is 0 Å². The summed E-state index contributed by atoms with van der Waals surface area (Å²) in [6.07, 6.45) is 0. The van der Waals surface area contributed by atoms with Crippen molar-refractivity contribution in [3.05, 3.63) is 67.2 Å². The minimum absolute atomic E-state index is 0.290. The fourth-order valence-corrected chi connectivity index (χ4v) is 3.06. The predicted octanol–water partition coefficient (Wildman–Crippen LogP) is 5.58. The van der Waals surface area contributed by atoms with Gasteiger partial charge in [-0.15, -0.1) is 12.6 Å². The molecule has 3 rings (SSSR count). The van der Waals surface area contributed by atoms with E-state index in [4.69, 9.17) is 16.7 Å². The molecule has 1 heterocycles. The standard InChI is InChI=1S/C20H19ClN4S/c1-14(21)25-20(24(3)22-15(2)26)18(16-10-6-4-7-11-16)19(23-25)17-12-8-5-9-13-17/h4-13H,1H2,2-3H3,(H,22,26). The number of halogens is 1. The van der Waals surface area contributed by atoms with E-state index in [2.05, 4.69) is 24.3 Å². The third-order valence-corrected chi connectivity index (χ3v) is 4.05. The lowest BCUT2D eigenvalue weighted by molar-refractivity contribution is 0.869. The minimum Gasteiger partial charge on any atom is -0.250 e. The molecular weight excluding hydrogens is 364 g/mol. The maximum Gasteiger partial charge on any atom is 0.161 e. The second kappa shape index (κ2) is 7.81. The second-order valence-electron chi connectivity index (χ2n) is 5.74. The number of benzene rings is 2. The maximum absolute atomic E-state index is 6.26. The van der Waals surface area contributed by atoms with E-state index in [1.54, 1.807) is 9.69 Å². The van der Waals surface area contributed by atoms with Gasteiger partial charge in [0, 0.05) is 12.6 Å². The first kappa shape index (κ1) is 18.3. The molecule has 0 atom stereocenters. The lowest BCUT2D eigenvalue weighted by Crippen LogP contribution is -2.15. The lowest BCUT2D eigenvalue weighted by atomic mass is 10.0. The largest absolute Gasteiger partial charge is 0.250 e. The smallest absolute Gasteiger partial charge is 0.161 e. The Labute approximate surface area is 163 Å². The van der Waals surface area contributed by atoms with E-state index in [-0.39, 0.29) is 0 Å². The van der Waals surface area contributed by atoms with Gasteiger partial charge in [0.15, 0.2) is 5.82 Å². The highest BCUT2D eigenvalue weighted by Crippen LogP contribution is 2.40. The van der Waals surface area contributed by atoms with Crippen LogP contribution >= 0.6 is 24.2 Å². The van der Waals surface area contributed by atoms with Crippen molar-refractivity contribution in [2.75, 3.05) is 12.1 Å². The number of rotatable bonds is 5. The molecule has 0 aliphatic rings. The number of thiol groups is 1. The first-order valence-corrected chi connectivity index (χ1v) is 8.88. The van der Waals surface area contributed by atoms with Crippen LogP contribution in [0, 0.1) is 0 Å². The molecule has 3 aromatic rings. The molecule has 0 bridgehead atoms. The van der Waals surface area contributed by atoms with E-state index in [1.165, 1.54) is 0 Å². The van der Waals surface area contributed by atoms with E-state index in [1.807, 2.05) is 74.6 Å². The molecule has 6 heteroatoms. The number of nitrogens with zero attached hydrogens (tertiary/aromatic N) is 4. The van der Waals surface area contributed by atoms with Gasteiger partial charge in [0.25, 0.3) is 0 Å². The van der Waals surface area contributed by atoms with Gasteiger partial charge >= 0.3 is 0 Å². The van der Waals surface area contributed by atoms with Gasteiger partial charge in [-0.2, -0.15) is 10.2 Å². The quantitative estimate of drug-likeness (QED) is 0.270. The highest BCUT2D eigenvalue weighted by Gasteiger charge is 2.24. The molecule has 0 saturated heterocycles. The summed E-state index contributed by atoms with van der Waals surface area (Å²) >= 11 is 10.6. The normalized spacial score (nSPS) is 11.5. The van der Waals surface area contributed by atoms with Crippen LogP contribution in [-0.4, -0.2) is 21.9 Å². The van der Waals surface area contributed by atoms with Crippen LogP contribution in [0.25, 0.3) is 27.5 Å². The van der Waals surface area contributed by atoms with Gasteiger partial charge in [0.05, 0.1) is 10.6 Å². The van der Waals surface area contributed by atoms with Crippen molar-refractivity contribution in [1.82, 2.24) is 9.78 Å². The van der Waals surface area contributed by atoms with Crippen LogP contribution < -0.4 is 5.01 Å². The van der Waals surface area contributed by atoms with E-state index < -0.39 is 0 Å². The van der Waals surface area contributed by atoms with Crippen LogP contribution in [0.4, 0.5) is 5.82 Å². The highest BCUT2D eigenvalue weighted by molar-refractivity contribution is 7.96. The monoisotopic (exact) mass is 382 g/mol. The number of aromatic nitrogens is 2. The molecule has 0 aliphatic heterocycles. The maximum atomic E-state index is 6.26. The molecule has 0 radical (unpaired) electrons. The zero-order valence-electron chi connectivity index (χ0n) is 14.6. The third kappa shape index (κ3) is 3.69. The Morgan fingerprint density at radius 2 is 1.62 bits per heavy atom. The zero-order valence-corrected chi connectivity index (χ0v) is 16.2. The van der Waals surface area contributed by atoms with Crippen molar-refractivity contribution < 1.29 is 0 Å². The molecule has 0 saturated carbocycles.